The molecule has 0 radical (unpaired) electrons. The number of aliphatic hydroxyl groups excluding tert-OH is 1. The van der Waals surface area contributed by atoms with Gasteiger partial charge in [-0.3, -0.25) is 0 Å². The molecule has 0 saturated heterocycles. The summed E-state index contributed by atoms with van der Waals surface area (Å²) >= 11 is 1.71. The SMILES string of the molecule is Nc1ccccc1OCC(O)COCCc1cccs1. The van der Waals surface area contributed by atoms with Crippen molar-refractivity contribution in [2.24, 2.45) is 0 Å². The smallest absolute Gasteiger partial charge is 0.142 e. The summed E-state index contributed by atoms with van der Waals surface area (Å²) in [6.07, 6.45) is 0.217. The third-order valence-corrected chi connectivity index (χ3v) is 3.67. The Bertz CT molecular complexity index is 502. The van der Waals surface area contributed by atoms with Gasteiger partial charge in [0.2, 0.25) is 0 Å². The maximum absolute atomic E-state index is 9.77. The van der Waals surface area contributed by atoms with Crippen molar-refractivity contribution in [1.82, 2.24) is 0 Å². The largest absolute Gasteiger partial charge is 0.489 e. The molecule has 4 nitrogen and oxygen atoms in total. The van der Waals surface area contributed by atoms with Gasteiger partial charge in [0.15, 0.2) is 0 Å². The number of hydrogen-bond acceptors (Lipinski definition) is 5. The Balaban J connectivity index is 1.61. The highest BCUT2D eigenvalue weighted by molar-refractivity contribution is 7.09. The van der Waals surface area contributed by atoms with Crippen molar-refractivity contribution in [1.29, 1.82) is 0 Å². The summed E-state index contributed by atoms with van der Waals surface area (Å²) in [5.74, 6) is 0.588. The summed E-state index contributed by atoms with van der Waals surface area (Å²) in [5, 5.41) is 11.8. The average molecular weight is 293 g/mol. The fourth-order valence-electron chi connectivity index (χ4n) is 1.69. The summed E-state index contributed by atoms with van der Waals surface area (Å²) in [6, 6.07) is 11.3. The lowest BCUT2D eigenvalue weighted by molar-refractivity contribution is 0.0134. The van der Waals surface area contributed by atoms with Crippen molar-refractivity contribution in [2.45, 2.75) is 12.5 Å². The van der Waals surface area contributed by atoms with Crippen LogP contribution in [0.4, 0.5) is 5.69 Å². The van der Waals surface area contributed by atoms with Gasteiger partial charge in [0, 0.05) is 11.3 Å². The van der Waals surface area contributed by atoms with Gasteiger partial charge in [0.1, 0.15) is 18.5 Å². The number of para-hydroxylation sites is 2. The van der Waals surface area contributed by atoms with Gasteiger partial charge in [-0.2, -0.15) is 0 Å². The summed E-state index contributed by atoms with van der Waals surface area (Å²) < 4.78 is 10.9. The fourth-order valence-corrected chi connectivity index (χ4v) is 2.38. The normalized spacial score (nSPS) is 12.2. The van der Waals surface area contributed by atoms with E-state index in [9.17, 15) is 5.11 Å². The molecule has 0 saturated carbocycles. The molecule has 108 valence electrons. The van der Waals surface area contributed by atoms with Crippen molar-refractivity contribution in [3.63, 3.8) is 0 Å². The first kappa shape index (κ1) is 14.8. The number of hydrogen-bond donors (Lipinski definition) is 2. The standard InChI is InChI=1S/C15H19NO3S/c16-14-5-1-2-6-15(14)19-11-12(17)10-18-8-7-13-4-3-9-20-13/h1-6,9,12,17H,7-8,10-11,16H2. The van der Waals surface area contributed by atoms with Gasteiger partial charge < -0.3 is 20.3 Å². The minimum atomic E-state index is -0.655. The van der Waals surface area contributed by atoms with Crippen molar-refractivity contribution in [2.75, 3.05) is 25.6 Å². The van der Waals surface area contributed by atoms with Crippen LogP contribution in [0, 0.1) is 0 Å². The summed E-state index contributed by atoms with van der Waals surface area (Å²) in [5.41, 5.74) is 6.31. The lowest BCUT2D eigenvalue weighted by atomic mass is 10.3. The predicted octanol–water partition coefficient (Wildman–Crippen LogP) is 2.33. The van der Waals surface area contributed by atoms with E-state index in [2.05, 4.69) is 6.07 Å². The van der Waals surface area contributed by atoms with E-state index in [1.165, 1.54) is 4.88 Å². The van der Waals surface area contributed by atoms with Crippen LogP contribution in [0.15, 0.2) is 41.8 Å². The molecule has 20 heavy (non-hydrogen) atoms. The molecule has 0 aliphatic heterocycles. The van der Waals surface area contributed by atoms with E-state index in [-0.39, 0.29) is 13.2 Å². The number of benzene rings is 1. The molecule has 2 aromatic rings. The minimum Gasteiger partial charge on any atom is -0.489 e. The van der Waals surface area contributed by atoms with Crippen molar-refractivity contribution >= 4 is 17.0 Å². The fraction of sp³-hybridized carbons (Fsp3) is 0.333. The number of thiophene rings is 1. The van der Waals surface area contributed by atoms with Crippen LogP contribution < -0.4 is 10.5 Å². The van der Waals surface area contributed by atoms with Crippen molar-refractivity contribution in [3.8, 4) is 5.75 Å². The predicted molar refractivity (Wildman–Crippen MR) is 81.2 cm³/mol. The Kier molecular flexibility index (Phi) is 5.86. The van der Waals surface area contributed by atoms with Gasteiger partial charge in [-0.1, -0.05) is 18.2 Å². The van der Waals surface area contributed by atoms with E-state index >= 15 is 0 Å². The molecule has 0 bridgehead atoms. The molecule has 1 aromatic heterocycles. The maximum Gasteiger partial charge on any atom is 0.142 e. The Labute approximate surface area is 122 Å². The van der Waals surface area contributed by atoms with E-state index in [1.54, 1.807) is 23.5 Å². The number of nitrogens with two attached hydrogens (primary N) is 1. The molecule has 1 heterocycles. The van der Waals surface area contributed by atoms with Gasteiger partial charge in [0.25, 0.3) is 0 Å². The average Bonchev–Trinajstić information content (AvgIpc) is 2.96. The molecule has 0 amide bonds. The van der Waals surface area contributed by atoms with Crippen LogP contribution in [0.1, 0.15) is 4.88 Å². The maximum atomic E-state index is 9.77. The lowest BCUT2D eigenvalue weighted by Gasteiger charge is -2.13. The number of ether oxygens (including phenoxy) is 2. The van der Waals surface area contributed by atoms with Crippen LogP contribution in [0.5, 0.6) is 5.75 Å². The molecule has 0 aliphatic carbocycles. The Morgan fingerprint density at radius 2 is 2.00 bits per heavy atom. The molecule has 3 N–H and O–H groups in total. The van der Waals surface area contributed by atoms with Gasteiger partial charge >= 0.3 is 0 Å². The molecule has 1 atom stereocenters. The Hall–Kier alpha value is -1.56. The molecule has 1 aromatic carbocycles. The van der Waals surface area contributed by atoms with Gasteiger partial charge in [-0.25, -0.2) is 0 Å². The summed E-state index contributed by atoms with van der Waals surface area (Å²) in [6.45, 7) is 1.04. The summed E-state index contributed by atoms with van der Waals surface area (Å²) in [7, 11) is 0. The number of rotatable bonds is 8. The topological polar surface area (TPSA) is 64.7 Å². The lowest BCUT2D eigenvalue weighted by Crippen LogP contribution is -2.24. The molecule has 2 rings (SSSR count). The second-order valence-electron chi connectivity index (χ2n) is 4.41. The van der Waals surface area contributed by atoms with Crippen molar-refractivity contribution in [3.05, 3.63) is 46.7 Å². The first-order valence-corrected chi connectivity index (χ1v) is 7.39. The minimum absolute atomic E-state index is 0.174. The summed E-state index contributed by atoms with van der Waals surface area (Å²) in [4.78, 5) is 1.28. The zero-order valence-corrected chi connectivity index (χ0v) is 12.0. The first-order valence-electron chi connectivity index (χ1n) is 6.51. The van der Waals surface area contributed by atoms with E-state index in [1.807, 2.05) is 23.6 Å². The second kappa shape index (κ2) is 7.89. The third kappa shape index (κ3) is 4.85. The molecule has 5 heteroatoms. The molecule has 0 fully saturated rings. The molecule has 1 unspecified atom stereocenters. The molecular formula is C15H19NO3S. The highest BCUT2D eigenvalue weighted by Crippen LogP contribution is 2.19. The Morgan fingerprint density at radius 1 is 1.15 bits per heavy atom. The van der Waals surface area contributed by atoms with E-state index in [0.717, 1.165) is 6.42 Å². The Morgan fingerprint density at radius 3 is 2.75 bits per heavy atom. The highest BCUT2D eigenvalue weighted by Gasteiger charge is 2.07. The molecule has 0 spiro atoms. The first-order chi connectivity index (χ1) is 9.75. The van der Waals surface area contributed by atoms with Crippen LogP contribution in [0.2, 0.25) is 0 Å². The number of aliphatic hydroxyl groups is 1. The van der Waals surface area contributed by atoms with Crippen LogP contribution in [-0.2, 0) is 11.2 Å². The van der Waals surface area contributed by atoms with Gasteiger partial charge in [0.05, 0.1) is 18.9 Å². The third-order valence-electron chi connectivity index (χ3n) is 2.73. The van der Waals surface area contributed by atoms with Crippen LogP contribution in [0.3, 0.4) is 0 Å². The van der Waals surface area contributed by atoms with E-state index < -0.39 is 6.10 Å². The quantitative estimate of drug-likeness (QED) is 0.579. The van der Waals surface area contributed by atoms with E-state index in [0.29, 0.717) is 18.0 Å². The van der Waals surface area contributed by atoms with Gasteiger partial charge in [-0.05, 0) is 23.6 Å². The monoisotopic (exact) mass is 293 g/mol. The van der Waals surface area contributed by atoms with E-state index in [4.69, 9.17) is 15.2 Å². The van der Waals surface area contributed by atoms with Crippen LogP contribution >= 0.6 is 11.3 Å². The van der Waals surface area contributed by atoms with Crippen LogP contribution in [-0.4, -0.2) is 31.0 Å². The van der Waals surface area contributed by atoms with Gasteiger partial charge in [-0.15, -0.1) is 11.3 Å². The second-order valence-corrected chi connectivity index (χ2v) is 5.44. The zero-order valence-electron chi connectivity index (χ0n) is 11.2. The van der Waals surface area contributed by atoms with Crippen molar-refractivity contribution < 1.29 is 14.6 Å². The highest BCUT2D eigenvalue weighted by atomic mass is 32.1. The number of nitrogen functional groups attached to an aromatic ring is 1. The molecule has 0 aliphatic rings. The number of anilines is 1. The van der Waals surface area contributed by atoms with Crippen LogP contribution in [0.25, 0.3) is 0 Å². The zero-order chi connectivity index (χ0) is 14.2. The molecular weight excluding hydrogens is 274 g/mol.